The van der Waals surface area contributed by atoms with Crippen LogP contribution in [0.3, 0.4) is 0 Å². The molecule has 4 aromatic rings. The molecule has 0 saturated carbocycles. The van der Waals surface area contributed by atoms with Crippen LogP contribution in [-0.2, 0) is 11.3 Å². The number of amides is 1. The highest BCUT2D eigenvalue weighted by Crippen LogP contribution is 2.34. The van der Waals surface area contributed by atoms with Crippen LogP contribution in [0.4, 0.5) is 5.13 Å². The first kappa shape index (κ1) is 20.7. The average Bonchev–Trinajstić information content (AvgIpc) is 3.22. The fraction of sp³-hybridized carbons (Fsp3) is 0.136. The van der Waals surface area contributed by atoms with Crippen molar-refractivity contribution >= 4 is 56.0 Å². The molecule has 5 nitrogen and oxygen atoms in total. The summed E-state index contributed by atoms with van der Waals surface area (Å²) in [5, 5.41) is 1.19. The first-order chi connectivity index (χ1) is 14.6. The molecule has 0 bridgehead atoms. The van der Waals surface area contributed by atoms with Crippen molar-refractivity contribution in [3.05, 3.63) is 77.6 Å². The number of halogens is 1. The van der Waals surface area contributed by atoms with Crippen molar-refractivity contribution in [3.63, 3.8) is 0 Å². The molecule has 8 heteroatoms. The summed E-state index contributed by atoms with van der Waals surface area (Å²) in [5.41, 5.74) is 1.51. The van der Waals surface area contributed by atoms with Crippen LogP contribution in [0.1, 0.15) is 5.69 Å². The van der Waals surface area contributed by atoms with E-state index in [1.54, 1.807) is 24.3 Å². The number of methoxy groups -OCH3 is 1. The molecule has 0 aliphatic carbocycles. The molecular formula is C22H18ClN3O2S2. The lowest BCUT2D eigenvalue weighted by atomic mass is 10.3. The third-order valence-electron chi connectivity index (χ3n) is 4.36. The summed E-state index contributed by atoms with van der Waals surface area (Å²) in [6, 6.07) is 19.0. The van der Waals surface area contributed by atoms with E-state index in [1.165, 1.54) is 23.1 Å². The number of pyridine rings is 1. The van der Waals surface area contributed by atoms with Gasteiger partial charge >= 0.3 is 0 Å². The first-order valence-electron chi connectivity index (χ1n) is 9.16. The van der Waals surface area contributed by atoms with Crippen LogP contribution in [0.25, 0.3) is 10.2 Å². The Kier molecular flexibility index (Phi) is 6.52. The van der Waals surface area contributed by atoms with E-state index in [4.69, 9.17) is 16.3 Å². The molecule has 4 rings (SSSR count). The minimum atomic E-state index is -0.0448. The Morgan fingerprint density at radius 2 is 1.97 bits per heavy atom. The van der Waals surface area contributed by atoms with Crippen molar-refractivity contribution in [3.8, 4) is 5.75 Å². The van der Waals surface area contributed by atoms with E-state index in [-0.39, 0.29) is 11.7 Å². The van der Waals surface area contributed by atoms with Crippen LogP contribution in [-0.4, -0.2) is 28.7 Å². The molecular weight excluding hydrogens is 438 g/mol. The number of para-hydroxylation sites is 1. The molecule has 2 aromatic heterocycles. The second-order valence-electron chi connectivity index (χ2n) is 6.35. The minimum Gasteiger partial charge on any atom is -0.497 e. The quantitative estimate of drug-likeness (QED) is 0.335. The summed E-state index contributed by atoms with van der Waals surface area (Å²) in [6.45, 7) is 0.348. The van der Waals surface area contributed by atoms with Crippen LogP contribution in [0.5, 0.6) is 5.75 Å². The standard InChI is InChI=1S/C22H18ClN3O2S2/c1-28-16-8-10-17(11-9-16)29-14-20(27)26(13-15-5-2-3-12-24-15)22-25-21-18(23)6-4-7-19(21)30-22/h2-12H,13-14H2,1H3. The summed E-state index contributed by atoms with van der Waals surface area (Å²) >= 11 is 9.22. The van der Waals surface area contributed by atoms with E-state index in [0.29, 0.717) is 22.2 Å². The zero-order valence-corrected chi connectivity index (χ0v) is 18.5. The largest absolute Gasteiger partial charge is 0.497 e. The van der Waals surface area contributed by atoms with E-state index in [0.717, 1.165) is 21.0 Å². The topological polar surface area (TPSA) is 55.3 Å². The molecule has 0 fully saturated rings. The van der Waals surface area contributed by atoms with Gasteiger partial charge in [0.2, 0.25) is 5.91 Å². The van der Waals surface area contributed by atoms with Gasteiger partial charge in [-0.2, -0.15) is 0 Å². The Morgan fingerprint density at radius 1 is 1.13 bits per heavy atom. The second-order valence-corrected chi connectivity index (χ2v) is 8.81. The molecule has 30 heavy (non-hydrogen) atoms. The van der Waals surface area contributed by atoms with Gasteiger partial charge in [-0.15, -0.1) is 11.8 Å². The van der Waals surface area contributed by atoms with Crippen LogP contribution < -0.4 is 9.64 Å². The molecule has 0 spiro atoms. The highest BCUT2D eigenvalue weighted by molar-refractivity contribution is 8.00. The minimum absolute atomic E-state index is 0.0448. The molecule has 0 unspecified atom stereocenters. The smallest absolute Gasteiger partial charge is 0.239 e. The molecule has 0 radical (unpaired) electrons. The van der Waals surface area contributed by atoms with Gasteiger partial charge in [-0.3, -0.25) is 14.7 Å². The van der Waals surface area contributed by atoms with E-state index in [2.05, 4.69) is 9.97 Å². The van der Waals surface area contributed by atoms with Gasteiger partial charge in [-0.1, -0.05) is 35.1 Å². The monoisotopic (exact) mass is 455 g/mol. The average molecular weight is 456 g/mol. The number of fused-ring (bicyclic) bond motifs is 1. The molecule has 0 N–H and O–H groups in total. The summed E-state index contributed by atoms with van der Waals surface area (Å²) in [4.78, 5) is 24.9. The van der Waals surface area contributed by atoms with Crippen molar-refractivity contribution in [1.82, 2.24) is 9.97 Å². The van der Waals surface area contributed by atoms with Crippen LogP contribution in [0.2, 0.25) is 5.02 Å². The van der Waals surface area contributed by atoms with E-state index in [9.17, 15) is 4.79 Å². The highest BCUT2D eigenvalue weighted by Gasteiger charge is 2.21. The molecule has 2 aromatic carbocycles. The number of rotatable bonds is 7. The lowest BCUT2D eigenvalue weighted by Gasteiger charge is -2.19. The van der Waals surface area contributed by atoms with Gasteiger partial charge in [0.15, 0.2) is 5.13 Å². The summed E-state index contributed by atoms with van der Waals surface area (Å²) in [6.07, 6.45) is 1.72. The van der Waals surface area contributed by atoms with Gasteiger partial charge in [0, 0.05) is 11.1 Å². The number of carbonyl (C=O) groups is 1. The van der Waals surface area contributed by atoms with Gasteiger partial charge < -0.3 is 4.74 Å². The summed E-state index contributed by atoms with van der Waals surface area (Å²) in [7, 11) is 1.63. The number of thiazole rings is 1. The number of ether oxygens (including phenoxy) is 1. The molecule has 152 valence electrons. The van der Waals surface area contributed by atoms with E-state index >= 15 is 0 Å². The van der Waals surface area contributed by atoms with E-state index < -0.39 is 0 Å². The summed E-state index contributed by atoms with van der Waals surface area (Å²) in [5.74, 6) is 1.02. The fourth-order valence-electron chi connectivity index (χ4n) is 2.83. The molecule has 2 heterocycles. The Labute approximate surface area is 187 Å². The predicted molar refractivity (Wildman–Crippen MR) is 124 cm³/mol. The third-order valence-corrected chi connectivity index (χ3v) is 6.70. The maximum atomic E-state index is 13.2. The van der Waals surface area contributed by atoms with Crippen molar-refractivity contribution in [2.45, 2.75) is 11.4 Å². The Morgan fingerprint density at radius 3 is 2.67 bits per heavy atom. The maximum Gasteiger partial charge on any atom is 0.239 e. The normalized spacial score (nSPS) is 10.9. The van der Waals surface area contributed by atoms with Crippen molar-refractivity contribution in [2.75, 3.05) is 17.8 Å². The number of anilines is 1. The maximum absolute atomic E-state index is 13.2. The zero-order chi connectivity index (χ0) is 20.9. The Balaban J connectivity index is 1.58. The second kappa shape index (κ2) is 9.47. The summed E-state index contributed by atoms with van der Waals surface area (Å²) < 4.78 is 6.13. The van der Waals surface area contributed by atoms with E-state index in [1.807, 2.05) is 54.6 Å². The lowest BCUT2D eigenvalue weighted by Crippen LogP contribution is -2.32. The van der Waals surface area contributed by atoms with Crippen LogP contribution in [0, 0.1) is 0 Å². The van der Waals surface area contributed by atoms with Crippen LogP contribution >= 0.6 is 34.7 Å². The fourth-order valence-corrected chi connectivity index (χ4v) is 4.89. The number of benzene rings is 2. The van der Waals surface area contributed by atoms with Gasteiger partial charge in [0.05, 0.1) is 34.8 Å². The number of carbonyl (C=O) groups excluding carboxylic acids is 1. The molecule has 1 amide bonds. The SMILES string of the molecule is COc1ccc(SCC(=O)N(Cc2ccccn2)c2nc3c(Cl)cccc3s2)cc1. The van der Waals surface area contributed by atoms with Gasteiger partial charge in [0.25, 0.3) is 0 Å². The van der Waals surface area contributed by atoms with Gasteiger partial charge in [-0.25, -0.2) is 4.98 Å². The molecule has 0 saturated heterocycles. The number of nitrogens with zero attached hydrogens (tertiary/aromatic N) is 3. The highest BCUT2D eigenvalue weighted by atomic mass is 35.5. The van der Waals surface area contributed by atoms with Crippen LogP contribution in [0.15, 0.2) is 71.8 Å². The van der Waals surface area contributed by atoms with Crippen molar-refractivity contribution in [2.24, 2.45) is 0 Å². The number of hydrogen-bond donors (Lipinski definition) is 0. The van der Waals surface area contributed by atoms with Crippen molar-refractivity contribution < 1.29 is 9.53 Å². The number of hydrogen-bond acceptors (Lipinski definition) is 6. The molecule has 0 aliphatic rings. The Hall–Kier alpha value is -2.61. The predicted octanol–water partition coefficient (Wildman–Crippen LogP) is 5.68. The first-order valence-corrected chi connectivity index (χ1v) is 11.3. The van der Waals surface area contributed by atoms with Gasteiger partial charge in [0.1, 0.15) is 11.3 Å². The molecule has 0 atom stereocenters. The number of thioether (sulfide) groups is 1. The third kappa shape index (κ3) is 4.75. The van der Waals surface area contributed by atoms with Crippen molar-refractivity contribution in [1.29, 1.82) is 0 Å². The van der Waals surface area contributed by atoms with Gasteiger partial charge in [-0.05, 0) is 48.5 Å². The zero-order valence-electron chi connectivity index (χ0n) is 16.1. The molecule has 0 aliphatic heterocycles. The lowest BCUT2D eigenvalue weighted by molar-refractivity contribution is -0.116. The number of aromatic nitrogens is 2. The Bertz CT molecular complexity index is 1150.